The monoisotopic (exact) mass is 270 g/mol. The van der Waals surface area contributed by atoms with Gasteiger partial charge in [-0.3, -0.25) is 0 Å². The average Bonchev–Trinajstić information content (AvgIpc) is 3.10. The number of ether oxygens (including phenoxy) is 1. The van der Waals surface area contributed by atoms with Crippen molar-refractivity contribution in [1.29, 1.82) is 0 Å². The van der Waals surface area contributed by atoms with Gasteiger partial charge in [-0.15, -0.1) is 0 Å². The van der Waals surface area contributed by atoms with Gasteiger partial charge in [0.25, 0.3) is 12.4 Å². The SMILES string of the molecule is Cc1c(F)cccc1[C@@]1(C(F)F)N=C(N)O[C@@H]2CC21. The van der Waals surface area contributed by atoms with Gasteiger partial charge in [0.1, 0.15) is 11.9 Å². The molecule has 19 heavy (non-hydrogen) atoms. The van der Waals surface area contributed by atoms with E-state index in [1.165, 1.54) is 25.1 Å². The Kier molecular flexibility index (Phi) is 2.52. The van der Waals surface area contributed by atoms with Crippen molar-refractivity contribution in [1.82, 2.24) is 0 Å². The summed E-state index contributed by atoms with van der Waals surface area (Å²) in [5.41, 5.74) is 4.10. The molecule has 0 amide bonds. The summed E-state index contributed by atoms with van der Waals surface area (Å²) in [7, 11) is 0. The lowest BCUT2D eigenvalue weighted by Gasteiger charge is -2.34. The Morgan fingerprint density at radius 2 is 2.21 bits per heavy atom. The second-order valence-electron chi connectivity index (χ2n) is 4.99. The number of fused-ring (bicyclic) bond motifs is 1. The number of nitrogens with zero attached hydrogens (tertiary/aromatic N) is 1. The van der Waals surface area contributed by atoms with Gasteiger partial charge in [-0.05, 0) is 30.5 Å². The largest absolute Gasteiger partial charge is 0.462 e. The van der Waals surface area contributed by atoms with Crippen LogP contribution in [0.5, 0.6) is 0 Å². The molecule has 1 heterocycles. The first-order valence-corrected chi connectivity index (χ1v) is 6.02. The van der Waals surface area contributed by atoms with Gasteiger partial charge in [-0.25, -0.2) is 18.2 Å². The van der Waals surface area contributed by atoms with E-state index in [9.17, 15) is 13.2 Å². The van der Waals surface area contributed by atoms with E-state index in [1.807, 2.05) is 0 Å². The topological polar surface area (TPSA) is 47.6 Å². The molecule has 1 aromatic carbocycles. The second-order valence-corrected chi connectivity index (χ2v) is 4.99. The van der Waals surface area contributed by atoms with Crippen molar-refractivity contribution >= 4 is 6.02 Å². The first-order valence-electron chi connectivity index (χ1n) is 6.02. The number of hydrogen-bond acceptors (Lipinski definition) is 3. The van der Waals surface area contributed by atoms with Crippen molar-refractivity contribution in [3.63, 3.8) is 0 Å². The Balaban J connectivity index is 2.22. The van der Waals surface area contributed by atoms with Crippen molar-refractivity contribution in [2.45, 2.75) is 31.4 Å². The van der Waals surface area contributed by atoms with Crippen LogP contribution in [0.25, 0.3) is 0 Å². The molecule has 3 nitrogen and oxygen atoms in total. The molecule has 1 aromatic rings. The predicted molar refractivity (Wildman–Crippen MR) is 63.4 cm³/mol. The van der Waals surface area contributed by atoms with Crippen molar-refractivity contribution in [2.75, 3.05) is 0 Å². The molecule has 3 rings (SSSR count). The Hall–Kier alpha value is -1.72. The van der Waals surface area contributed by atoms with Crippen LogP contribution in [0, 0.1) is 18.7 Å². The van der Waals surface area contributed by atoms with Crippen LogP contribution in [0.3, 0.4) is 0 Å². The summed E-state index contributed by atoms with van der Waals surface area (Å²) in [6.45, 7) is 1.48. The fourth-order valence-corrected chi connectivity index (χ4v) is 2.84. The fraction of sp³-hybridized carbons (Fsp3) is 0.462. The molecular formula is C13H13F3N2O. The Labute approximate surface area is 108 Å². The molecule has 6 heteroatoms. The minimum Gasteiger partial charge on any atom is -0.462 e. The van der Waals surface area contributed by atoms with E-state index in [4.69, 9.17) is 10.5 Å². The van der Waals surface area contributed by atoms with Crippen LogP contribution in [0.15, 0.2) is 23.2 Å². The summed E-state index contributed by atoms with van der Waals surface area (Å²) in [4.78, 5) is 3.86. The van der Waals surface area contributed by atoms with Crippen LogP contribution >= 0.6 is 0 Å². The quantitative estimate of drug-likeness (QED) is 0.896. The highest BCUT2D eigenvalue weighted by molar-refractivity contribution is 5.74. The smallest absolute Gasteiger partial charge is 0.283 e. The molecule has 102 valence electrons. The van der Waals surface area contributed by atoms with Gasteiger partial charge >= 0.3 is 0 Å². The number of amidine groups is 1. The Morgan fingerprint density at radius 1 is 1.47 bits per heavy atom. The standard InChI is InChI=1S/C13H13F3N2O/c1-6-7(3-2-4-9(6)14)13(11(15)16)8-5-10(8)19-12(17)18-13/h2-4,8,10-11H,5H2,1H3,(H2,17,18)/t8?,10-,13-/m1/s1. The van der Waals surface area contributed by atoms with Crippen molar-refractivity contribution < 1.29 is 17.9 Å². The molecule has 2 aliphatic rings. The maximum atomic E-state index is 13.7. The predicted octanol–water partition coefficient (Wildman–Crippen LogP) is 2.33. The van der Waals surface area contributed by atoms with Crippen LogP contribution in [0.2, 0.25) is 0 Å². The Bertz CT molecular complexity index is 561. The minimum atomic E-state index is -2.76. The van der Waals surface area contributed by atoms with E-state index in [1.54, 1.807) is 0 Å². The molecule has 1 fully saturated rings. The van der Waals surface area contributed by atoms with Crippen molar-refractivity contribution in [3.8, 4) is 0 Å². The molecule has 0 bridgehead atoms. The molecule has 2 N–H and O–H groups in total. The fourth-order valence-electron chi connectivity index (χ4n) is 2.84. The molecule has 1 aliphatic carbocycles. The summed E-state index contributed by atoms with van der Waals surface area (Å²) in [6, 6.07) is 3.90. The molecule has 0 aromatic heterocycles. The van der Waals surface area contributed by atoms with Crippen LogP contribution in [0.1, 0.15) is 17.5 Å². The van der Waals surface area contributed by atoms with E-state index in [2.05, 4.69) is 4.99 Å². The third-order valence-electron chi connectivity index (χ3n) is 3.90. The van der Waals surface area contributed by atoms with E-state index >= 15 is 0 Å². The van der Waals surface area contributed by atoms with Gasteiger partial charge in [0.2, 0.25) is 0 Å². The highest BCUT2D eigenvalue weighted by Crippen LogP contribution is 2.56. The summed E-state index contributed by atoms with van der Waals surface area (Å²) in [5.74, 6) is -0.963. The normalized spacial score (nSPS) is 32.6. The number of rotatable bonds is 2. The number of aliphatic imine (C=N–C) groups is 1. The van der Waals surface area contributed by atoms with E-state index in [-0.39, 0.29) is 23.3 Å². The molecular weight excluding hydrogens is 257 g/mol. The number of benzene rings is 1. The van der Waals surface area contributed by atoms with Crippen molar-refractivity contribution in [2.24, 2.45) is 16.6 Å². The summed E-state index contributed by atoms with van der Waals surface area (Å²) >= 11 is 0. The zero-order valence-electron chi connectivity index (χ0n) is 10.2. The second kappa shape index (κ2) is 3.88. The summed E-state index contributed by atoms with van der Waals surface area (Å²) < 4.78 is 46.2. The third kappa shape index (κ3) is 1.62. The number of hydrogen-bond donors (Lipinski definition) is 1. The molecule has 1 unspecified atom stereocenters. The number of halogens is 3. The lowest BCUT2D eigenvalue weighted by molar-refractivity contribution is 0.0191. The third-order valence-corrected chi connectivity index (χ3v) is 3.90. The van der Waals surface area contributed by atoms with Gasteiger partial charge in [-0.1, -0.05) is 12.1 Å². The molecule has 1 saturated carbocycles. The van der Waals surface area contributed by atoms with Crippen LogP contribution < -0.4 is 5.73 Å². The molecule has 1 aliphatic heterocycles. The molecule has 0 saturated heterocycles. The van der Waals surface area contributed by atoms with Gasteiger partial charge in [0, 0.05) is 5.92 Å². The highest BCUT2D eigenvalue weighted by atomic mass is 19.3. The lowest BCUT2D eigenvalue weighted by Crippen LogP contribution is -2.43. The first kappa shape index (κ1) is 12.3. The maximum Gasteiger partial charge on any atom is 0.283 e. The van der Waals surface area contributed by atoms with Gasteiger partial charge in [-0.2, -0.15) is 0 Å². The summed E-state index contributed by atoms with van der Waals surface area (Å²) in [6.07, 6.45) is -2.63. The average molecular weight is 270 g/mol. The molecule has 0 spiro atoms. The highest BCUT2D eigenvalue weighted by Gasteiger charge is 2.63. The van der Waals surface area contributed by atoms with E-state index in [0.29, 0.717) is 6.42 Å². The van der Waals surface area contributed by atoms with Crippen molar-refractivity contribution in [3.05, 3.63) is 35.1 Å². The molecule has 0 radical (unpaired) electrons. The van der Waals surface area contributed by atoms with E-state index < -0.39 is 23.7 Å². The number of nitrogens with two attached hydrogens (primary N) is 1. The zero-order valence-corrected chi connectivity index (χ0v) is 10.2. The Morgan fingerprint density at radius 3 is 2.89 bits per heavy atom. The van der Waals surface area contributed by atoms with Gasteiger partial charge in [0.15, 0.2) is 5.54 Å². The first-order chi connectivity index (χ1) is 8.96. The lowest BCUT2D eigenvalue weighted by atomic mass is 9.82. The maximum absolute atomic E-state index is 13.7. The zero-order chi connectivity index (χ0) is 13.8. The molecule has 3 atom stereocenters. The number of alkyl halides is 2. The van der Waals surface area contributed by atoms with Crippen LogP contribution in [0.4, 0.5) is 13.2 Å². The van der Waals surface area contributed by atoms with Crippen LogP contribution in [-0.4, -0.2) is 18.6 Å². The summed E-state index contributed by atoms with van der Waals surface area (Å²) in [5, 5.41) is 0. The van der Waals surface area contributed by atoms with Gasteiger partial charge < -0.3 is 10.5 Å². The van der Waals surface area contributed by atoms with E-state index in [0.717, 1.165) is 0 Å². The van der Waals surface area contributed by atoms with Crippen LogP contribution in [-0.2, 0) is 10.3 Å². The van der Waals surface area contributed by atoms with Gasteiger partial charge in [0.05, 0.1) is 0 Å². The minimum absolute atomic E-state index is 0.187.